The Morgan fingerprint density at radius 1 is 0.921 bits per heavy atom. The molecule has 0 spiro atoms. The highest BCUT2D eigenvalue weighted by Crippen LogP contribution is 2.74. The highest BCUT2D eigenvalue weighted by atomic mass is 16.6. The number of esters is 3. The van der Waals surface area contributed by atoms with E-state index in [0.717, 1.165) is 62.5 Å². The maximum absolute atomic E-state index is 13.3. The summed E-state index contributed by atoms with van der Waals surface area (Å²) in [6.07, 6.45) is 7.41. The van der Waals surface area contributed by atoms with Crippen LogP contribution in [0.25, 0.3) is 0 Å². The topological polar surface area (TPSA) is 78.9 Å². The van der Waals surface area contributed by atoms with Gasteiger partial charge in [-0.1, -0.05) is 41.5 Å². The van der Waals surface area contributed by atoms with E-state index >= 15 is 0 Å². The molecule has 6 nitrogen and oxygen atoms in total. The first-order chi connectivity index (χ1) is 17.8. The maximum atomic E-state index is 13.3. The summed E-state index contributed by atoms with van der Waals surface area (Å²) in [6.45, 7) is 17.0. The Kier molecular flexibility index (Phi) is 6.63. The van der Waals surface area contributed by atoms with Crippen LogP contribution in [0.1, 0.15) is 113 Å². The van der Waals surface area contributed by atoms with Crippen molar-refractivity contribution < 1.29 is 28.6 Å². The van der Waals surface area contributed by atoms with E-state index in [1.54, 1.807) is 0 Å². The van der Waals surface area contributed by atoms with Gasteiger partial charge in [-0.05, 0) is 92.4 Å². The van der Waals surface area contributed by atoms with Crippen LogP contribution < -0.4 is 0 Å². The molecule has 5 rings (SSSR count). The Morgan fingerprint density at radius 3 is 2.21 bits per heavy atom. The zero-order valence-corrected chi connectivity index (χ0v) is 24.8. The van der Waals surface area contributed by atoms with E-state index in [0.29, 0.717) is 18.3 Å². The number of hydrogen-bond donors (Lipinski definition) is 0. The second kappa shape index (κ2) is 9.09. The summed E-state index contributed by atoms with van der Waals surface area (Å²) >= 11 is 0. The molecule has 0 bridgehead atoms. The lowest BCUT2D eigenvalue weighted by atomic mass is 9.34. The van der Waals surface area contributed by atoms with Crippen molar-refractivity contribution in [2.45, 2.75) is 131 Å². The average molecular weight is 529 g/mol. The molecule has 0 aromatic heterocycles. The fourth-order valence-corrected chi connectivity index (χ4v) is 10.8. The van der Waals surface area contributed by atoms with E-state index < -0.39 is 5.41 Å². The molecule has 0 saturated heterocycles. The Bertz CT molecular complexity index is 1060. The molecular formula is C32H48O6. The first kappa shape index (κ1) is 27.7. The fourth-order valence-electron chi connectivity index (χ4n) is 10.8. The molecule has 38 heavy (non-hydrogen) atoms. The van der Waals surface area contributed by atoms with Crippen LogP contribution in [-0.2, 0) is 28.6 Å². The molecule has 6 heteroatoms. The molecule has 1 heterocycles. The number of rotatable bonds is 4. The molecule has 3 saturated carbocycles. The van der Waals surface area contributed by atoms with E-state index in [1.165, 1.54) is 6.92 Å². The molecule has 0 amide bonds. The van der Waals surface area contributed by atoms with Crippen molar-refractivity contribution in [2.24, 2.45) is 39.4 Å². The third kappa shape index (κ3) is 3.60. The lowest BCUT2D eigenvalue weighted by molar-refractivity contribution is -0.243. The van der Waals surface area contributed by atoms with Gasteiger partial charge in [-0.25, -0.2) is 4.79 Å². The minimum absolute atomic E-state index is 0.0167. The number of carbonyl (C=O) groups is 3. The summed E-state index contributed by atoms with van der Waals surface area (Å²) in [4.78, 5) is 38.1. The standard InChI is InChI=1S/C32H48O6/c1-9-26(34)38-24-14-16-30(6)21(29(24,5)10-2)13-15-31(7)22-12-11-20-18(3)36-28(35)27(20)32(22,8)25(17-23(30)31)37-19(4)33/h18,21-25H,9-17H2,1-8H3. The summed E-state index contributed by atoms with van der Waals surface area (Å²) in [5.74, 6) is 0.398. The third-order valence-corrected chi connectivity index (χ3v) is 12.6. The van der Waals surface area contributed by atoms with Gasteiger partial charge in [0.15, 0.2) is 0 Å². The first-order valence-electron chi connectivity index (χ1n) is 15.1. The van der Waals surface area contributed by atoms with Gasteiger partial charge in [-0.3, -0.25) is 9.59 Å². The van der Waals surface area contributed by atoms with Crippen molar-refractivity contribution in [3.63, 3.8) is 0 Å². The maximum Gasteiger partial charge on any atom is 0.335 e. The van der Waals surface area contributed by atoms with Crippen LogP contribution in [0, 0.1) is 39.4 Å². The van der Waals surface area contributed by atoms with Gasteiger partial charge in [0, 0.05) is 29.7 Å². The normalized spacial score (nSPS) is 47.7. The molecule has 10 atom stereocenters. The summed E-state index contributed by atoms with van der Waals surface area (Å²) in [6, 6.07) is 0. The van der Waals surface area contributed by atoms with Crippen molar-refractivity contribution >= 4 is 17.9 Å². The average Bonchev–Trinajstić information content (AvgIpc) is 3.15. The van der Waals surface area contributed by atoms with Crippen molar-refractivity contribution in [1.29, 1.82) is 0 Å². The summed E-state index contributed by atoms with van der Waals surface area (Å²) < 4.78 is 18.0. The summed E-state index contributed by atoms with van der Waals surface area (Å²) in [7, 11) is 0. The highest BCUT2D eigenvalue weighted by molar-refractivity contribution is 5.94. The highest BCUT2D eigenvalue weighted by Gasteiger charge is 2.71. The van der Waals surface area contributed by atoms with E-state index in [1.807, 2.05) is 13.8 Å². The van der Waals surface area contributed by atoms with Gasteiger partial charge in [0.25, 0.3) is 0 Å². The lowest BCUT2D eigenvalue weighted by Crippen LogP contribution is -2.67. The molecule has 0 aromatic carbocycles. The van der Waals surface area contributed by atoms with Crippen LogP contribution in [0.2, 0.25) is 0 Å². The van der Waals surface area contributed by atoms with E-state index in [2.05, 4.69) is 34.6 Å². The van der Waals surface area contributed by atoms with Crippen LogP contribution in [0.5, 0.6) is 0 Å². The van der Waals surface area contributed by atoms with Crippen LogP contribution in [0.4, 0.5) is 0 Å². The van der Waals surface area contributed by atoms with E-state index in [9.17, 15) is 14.4 Å². The smallest absolute Gasteiger partial charge is 0.335 e. The quantitative estimate of drug-likeness (QED) is 0.304. The van der Waals surface area contributed by atoms with E-state index in [4.69, 9.17) is 14.2 Å². The Labute approximate surface area is 228 Å². The van der Waals surface area contributed by atoms with Crippen molar-refractivity contribution in [3.05, 3.63) is 11.1 Å². The zero-order chi connectivity index (χ0) is 27.8. The summed E-state index contributed by atoms with van der Waals surface area (Å²) in [5, 5.41) is 0. The van der Waals surface area contributed by atoms with E-state index in [-0.39, 0.29) is 58.4 Å². The van der Waals surface area contributed by atoms with Crippen LogP contribution in [0.3, 0.4) is 0 Å². The van der Waals surface area contributed by atoms with Gasteiger partial charge in [0.1, 0.15) is 18.3 Å². The van der Waals surface area contributed by atoms with Gasteiger partial charge in [-0.2, -0.15) is 0 Å². The van der Waals surface area contributed by atoms with Crippen molar-refractivity contribution in [3.8, 4) is 0 Å². The van der Waals surface area contributed by atoms with Gasteiger partial charge >= 0.3 is 17.9 Å². The molecule has 5 aliphatic rings. The number of fused-ring (bicyclic) bond motifs is 6. The first-order valence-corrected chi connectivity index (χ1v) is 15.1. The molecule has 10 unspecified atom stereocenters. The second-order valence-corrected chi connectivity index (χ2v) is 14.0. The largest absolute Gasteiger partial charge is 0.462 e. The predicted octanol–water partition coefficient (Wildman–Crippen LogP) is 6.55. The molecule has 0 N–H and O–H groups in total. The molecule has 1 aliphatic heterocycles. The van der Waals surface area contributed by atoms with Crippen LogP contribution >= 0.6 is 0 Å². The minimum Gasteiger partial charge on any atom is -0.462 e. The SMILES string of the molecule is CCC(=O)OC1CCC2(C)C(CCC3(C)C2CC(OC(C)=O)C2(C)C4=C(CCC32)C(C)OC4=O)C1(C)CC. The molecule has 3 fully saturated rings. The molecule has 0 aromatic rings. The van der Waals surface area contributed by atoms with Crippen LogP contribution in [-0.4, -0.2) is 36.2 Å². The zero-order valence-electron chi connectivity index (χ0n) is 24.8. The molecular weight excluding hydrogens is 480 g/mol. The predicted molar refractivity (Wildman–Crippen MR) is 144 cm³/mol. The fraction of sp³-hybridized carbons (Fsp3) is 0.844. The summed E-state index contributed by atoms with van der Waals surface area (Å²) in [5.41, 5.74) is 1.33. The van der Waals surface area contributed by atoms with Crippen molar-refractivity contribution in [2.75, 3.05) is 0 Å². The monoisotopic (exact) mass is 528 g/mol. The number of cyclic esters (lactones) is 1. The Hall–Kier alpha value is -1.85. The molecule has 4 aliphatic carbocycles. The Morgan fingerprint density at radius 2 is 1.58 bits per heavy atom. The van der Waals surface area contributed by atoms with Gasteiger partial charge < -0.3 is 14.2 Å². The number of carbonyl (C=O) groups excluding carboxylic acids is 3. The third-order valence-electron chi connectivity index (χ3n) is 12.6. The lowest BCUT2D eigenvalue weighted by Gasteiger charge is -2.70. The van der Waals surface area contributed by atoms with Gasteiger partial charge in [0.2, 0.25) is 0 Å². The molecule has 212 valence electrons. The minimum atomic E-state index is -0.544. The Balaban J connectivity index is 1.58. The van der Waals surface area contributed by atoms with Crippen molar-refractivity contribution in [1.82, 2.24) is 0 Å². The number of ether oxygens (including phenoxy) is 3. The van der Waals surface area contributed by atoms with Crippen LogP contribution in [0.15, 0.2) is 11.1 Å². The number of hydrogen-bond acceptors (Lipinski definition) is 6. The van der Waals surface area contributed by atoms with Gasteiger partial charge in [-0.15, -0.1) is 0 Å². The van der Waals surface area contributed by atoms with Gasteiger partial charge in [0.05, 0.1) is 0 Å². The second-order valence-electron chi connectivity index (χ2n) is 14.0. The molecule has 0 radical (unpaired) electrons.